The Hall–Kier alpha value is -2.75. The number of rotatable bonds is 4. The molecule has 2 heterocycles. The Labute approximate surface area is 135 Å². The van der Waals surface area contributed by atoms with Crippen LogP contribution in [-0.2, 0) is 9.53 Å². The monoisotopic (exact) mass is 340 g/mol. The summed E-state index contributed by atoms with van der Waals surface area (Å²) in [4.78, 5) is 24.6. The molecule has 1 aromatic rings. The van der Waals surface area contributed by atoms with Gasteiger partial charge in [0.05, 0.1) is 25.4 Å². The zero-order chi connectivity index (χ0) is 17.3. The van der Waals surface area contributed by atoms with E-state index in [1.807, 2.05) is 0 Å². The lowest BCUT2D eigenvalue weighted by molar-refractivity contribution is -0.118. The van der Waals surface area contributed by atoms with Crippen LogP contribution in [-0.4, -0.2) is 61.3 Å². The fourth-order valence-corrected chi connectivity index (χ4v) is 2.51. The van der Waals surface area contributed by atoms with Crippen LogP contribution in [0.15, 0.2) is 17.2 Å². The van der Waals surface area contributed by atoms with Crippen LogP contribution in [0.5, 0.6) is 0 Å². The predicted molar refractivity (Wildman–Crippen MR) is 79.7 cm³/mol. The molecule has 0 spiro atoms. The average Bonchev–Trinajstić information content (AvgIpc) is 2.96. The third-order valence-corrected chi connectivity index (χ3v) is 3.71. The molecule has 24 heavy (non-hydrogen) atoms. The van der Waals surface area contributed by atoms with E-state index in [4.69, 9.17) is 9.84 Å². The Morgan fingerprint density at radius 1 is 1.33 bits per heavy atom. The van der Waals surface area contributed by atoms with E-state index in [0.717, 1.165) is 28.4 Å². The van der Waals surface area contributed by atoms with Crippen molar-refractivity contribution in [3.8, 4) is 0 Å². The molecule has 1 saturated heterocycles. The molecule has 2 amide bonds. The Balaban J connectivity index is 1.87. The molecule has 0 aromatic heterocycles. The molecule has 2 aliphatic heterocycles. The van der Waals surface area contributed by atoms with Gasteiger partial charge in [0.1, 0.15) is 18.1 Å². The summed E-state index contributed by atoms with van der Waals surface area (Å²) < 4.78 is 33.6. The summed E-state index contributed by atoms with van der Waals surface area (Å²) in [5, 5.41) is 13.9. The predicted octanol–water partition coefficient (Wildman–Crippen LogP) is 0.504. The first-order chi connectivity index (χ1) is 11.5. The summed E-state index contributed by atoms with van der Waals surface area (Å²) in [5.41, 5.74) is -0.322. The van der Waals surface area contributed by atoms with Crippen molar-refractivity contribution < 1.29 is 28.2 Å². The molecule has 3 rings (SSSR count). The van der Waals surface area contributed by atoms with Crippen LogP contribution in [0.3, 0.4) is 0 Å². The van der Waals surface area contributed by atoms with Crippen molar-refractivity contribution >= 4 is 30.2 Å². The second-order valence-corrected chi connectivity index (χ2v) is 5.25. The van der Waals surface area contributed by atoms with Crippen LogP contribution < -0.4 is 9.80 Å². The van der Waals surface area contributed by atoms with Gasteiger partial charge in [-0.05, 0) is 0 Å². The Bertz CT molecular complexity index is 676. The van der Waals surface area contributed by atoms with E-state index < -0.39 is 23.8 Å². The van der Waals surface area contributed by atoms with Crippen LogP contribution >= 0.6 is 0 Å². The van der Waals surface area contributed by atoms with Gasteiger partial charge < -0.3 is 14.7 Å². The number of benzene rings is 1. The molecule has 1 unspecified atom stereocenters. The minimum Gasteiger partial charge on any atom is -0.441 e. The standard InChI is InChI=1S/C14H14F2N4O4/c15-11-3-9(20-5-10(6-21)24-14(20)23)4-12(16)13(11)18-1-2-19(8-22)17-7-18/h3-4,7-8,10,21H,1-2,5-6H2. The molecule has 1 fully saturated rings. The third kappa shape index (κ3) is 2.87. The van der Waals surface area contributed by atoms with Gasteiger partial charge in [-0.1, -0.05) is 0 Å². The summed E-state index contributed by atoms with van der Waals surface area (Å²) in [5.74, 6) is -1.76. The van der Waals surface area contributed by atoms with Crippen molar-refractivity contribution in [2.45, 2.75) is 6.10 Å². The zero-order valence-corrected chi connectivity index (χ0v) is 12.4. The van der Waals surface area contributed by atoms with Crippen molar-refractivity contribution in [1.82, 2.24) is 5.01 Å². The Morgan fingerprint density at radius 2 is 2.04 bits per heavy atom. The molecule has 128 valence electrons. The van der Waals surface area contributed by atoms with Crippen molar-refractivity contribution in [2.75, 3.05) is 36.0 Å². The van der Waals surface area contributed by atoms with Crippen LogP contribution in [0.25, 0.3) is 0 Å². The molecule has 10 heteroatoms. The van der Waals surface area contributed by atoms with E-state index in [9.17, 15) is 18.4 Å². The van der Waals surface area contributed by atoms with Crippen LogP contribution in [0.1, 0.15) is 0 Å². The first-order valence-corrected chi connectivity index (χ1v) is 7.14. The summed E-state index contributed by atoms with van der Waals surface area (Å²) in [6.07, 6.45) is 0.166. The highest BCUT2D eigenvalue weighted by atomic mass is 19.1. The van der Waals surface area contributed by atoms with Gasteiger partial charge >= 0.3 is 6.09 Å². The molecule has 8 nitrogen and oxygen atoms in total. The zero-order valence-electron chi connectivity index (χ0n) is 12.4. The number of halogens is 2. The molecule has 1 aromatic carbocycles. The van der Waals surface area contributed by atoms with Crippen molar-refractivity contribution in [3.63, 3.8) is 0 Å². The number of carbonyl (C=O) groups excluding carboxylic acids is 2. The summed E-state index contributed by atoms with van der Waals surface area (Å²) in [7, 11) is 0. The largest absolute Gasteiger partial charge is 0.441 e. The molecule has 2 aliphatic rings. The highest BCUT2D eigenvalue weighted by molar-refractivity contribution is 5.90. The number of ether oxygens (including phenoxy) is 1. The van der Waals surface area contributed by atoms with Gasteiger partial charge in [-0.15, -0.1) is 0 Å². The summed E-state index contributed by atoms with van der Waals surface area (Å²) in [6, 6.07) is 2.03. The number of hydrogen-bond acceptors (Lipinski definition) is 6. The van der Waals surface area contributed by atoms with Crippen LogP contribution in [0, 0.1) is 11.6 Å². The van der Waals surface area contributed by atoms with Crippen molar-refractivity contribution in [2.24, 2.45) is 5.10 Å². The molecule has 1 atom stereocenters. The topological polar surface area (TPSA) is 85.7 Å². The van der Waals surface area contributed by atoms with Gasteiger partial charge in [0.2, 0.25) is 6.41 Å². The SMILES string of the molecule is O=CN1CCN(c2c(F)cc(N3CC(CO)OC3=O)cc2F)C=N1. The number of cyclic esters (lactones) is 1. The number of anilines is 2. The highest BCUT2D eigenvalue weighted by Crippen LogP contribution is 2.31. The van der Waals surface area contributed by atoms with Gasteiger partial charge in [0.15, 0.2) is 11.6 Å². The molecule has 0 saturated carbocycles. The fourth-order valence-electron chi connectivity index (χ4n) is 2.51. The first kappa shape index (κ1) is 16.1. The minimum absolute atomic E-state index is 0.00170. The second kappa shape index (κ2) is 6.40. The number of amides is 2. The molecular weight excluding hydrogens is 326 g/mol. The van der Waals surface area contributed by atoms with Crippen LogP contribution in [0.2, 0.25) is 0 Å². The average molecular weight is 340 g/mol. The minimum atomic E-state index is -0.878. The lowest BCUT2D eigenvalue weighted by Crippen LogP contribution is -2.38. The molecule has 0 bridgehead atoms. The van der Waals surface area contributed by atoms with Crippen molar-refractivity contribution in [1.29, 1.82) is 0 Å². The number of hydrazone groups is 1. The second-order valence-electron chi connectivity index (χ2n) is 5.25. The maximum atomic E-state index is 14.4. The maximum absolute atomic E-state index is 14.4. The number of nitrogens with zero attached hydrogens (tertiary/aromatic N) is 4. The molecular formula is C14H14F2N4O4. The van der Waals surface area contributed by atoms with E-state index in [1.54, 1.807) is 0 Å². The number of aliphatic hydroxyl groups excluding tert-OH is 1. The molecule has 0 radical (unpaired) electrons. The number of aliphatic hydroxyl groups is 1. The van der Waals surface area contributed by atoms with Gasteiger partial charge in [0, 0.05) is 18.7 Å². The fraction of sp³-hybridized carbons (Fsp3) is 0.357. The third-order valence-electron chi connectivity index (χ3n) is 3.71. The van der Waals surface area contributed by atoms with E-state index in [1.165, 1.54) is 4.90 Å². The van der Waals surface area contributed by atoms with E-state index in [2.05, 4.69) is 5.10 Å². The quantitative estimate of drug-likeness (QED) is 0.807. The molecule has 0 aliphatic carbocycles. The highest BCUT2D eigenvalue weighted by Gasteiger charge is 2.33. The van der Waals surface area contributed by atoms with Gasteiger partial charge in [-0.3, -0.25) is 9.69 Å². The lowest BCUT2D eigenvalue weighted by atomic mass is 10.2. The van der Waals surface area contributed by atoms with Crippen molar-refractivity contribution in [3.05, 3.63) is 23.8 Å². The van der Waals surface area contributed by atoms with E-state index >= 15 is 0 Å². The first-order valence-electron chi connectivity index (χ1n) is 7.14. The Kier molecular flexibility index (Phi) is 4.30. The molecule has 1 N–H and O–H groups in total. The lowest BCUT2D eigenvalue weighted by Gasteiger charge is -2.27. The Morgan fingerprint density at radius 3 is 2.54 bits per heavy atom. The number of hydrogen-bond donors (Lipinski definition) is 1. The van der Waals surface area contributed by atoms with Gasteiger partial charge in [-0.2, -0.15) is 5.10 Å². The maximum Gasteiger partial charge on any atom is 0.414 e. The normalized spacial score (nSPS) is 20.5. The van der Waals surface area contributed by atoms with E-state index in [0.29, 0.717) is 6.41 Å². The van der Waals surface area contributed by atoms with Crippen LogP contribution in [0.4, 0.5) is 25.0 Å². The summed E-state index contributed by atoms with van der Waals surface area (Å²) in [6.45, 7) is 0.000814. The van der Waals surface area contributed by atoms with Gasteiger partial charge in [0.25, 0.3) is 0 Å². The van der Waals surface area contributed by atoms with E-state index in [-0.39, 0.29) is 37.6 Å². The summed E-state index contributed by atoms with van der Waals surface area (Å²) >= 11 is 0. The smallest absolute Gasteiger partial charge is 0.414 e. The van der Waals surface area contributed by atoms with Gasteiger partial charge in [-0.25, -0.2) is 18.6 Å². The number of carbonyl (C=O) groups is 2.